The Hall–Kier alpha value is -4.38. The molecule has 37 heavy (non-hydrogen) atoms. The van der Waals surface area contributed by atoms with Crippen molar-refractivity contribution in [2.24, 2.45) is 0 Å². The molecule has 4 aromatic carbocycles. The fraction of sp³-hybridized carbons (Fsp3) is 0.188. The van der Waals surface area contributed by atoms with Crippen LogP contribution < -0.4 is 15.4 Å². The van der Waals surface area contributed by atoms with E-state index >= 15 is 0 Å². The summed E-state index contributed by atoms with van der Waals surface area (Å²) in [6.45, 7) is 9.52. The van der Waals surface area contributed by atoms with Crippen LogP contribution in [-0.4, -0.2) is 18.7 Å². The van der Waals surface area contributed by atoms with E-state index in [1.807, 2.05) is 95.4 Å². The molecule has 0 radical (unpaired) electrons. The first kappa shape index (κ1) is 25.7. The van der Waals surface area contributed by atoms with Gasteiger partial charge in [-0.2, -0.15) is 0 Å². The number of hydrogen-bond donors (Lipinski definition) is 2. The highest BCUT2D eigenvalue weighted by molar-refractivity contribution is 6.06. The van der Waals surface area contributed by atoms with Crippen LogP contribution in [-0.2, 0) is 0 Å². The van der Waals surface area contributed by atoms with Crippen molar-refractivity contribution in [2.75, 3.05) is 17.7 Å². The molecule has 5 nitrogen and oxygen atoms in total. The number of aryl methyl sites for hydroxylation is 4. The van der Waals surface area contributed by atoms with Crippen LogP contribution in [0.25, 0.3) is 11.1 Å². The lowest BCUT2D eigenvalue weighted by atomic mass is 9.89. The summed E-state index contributed by atoms with van der Waals surface area (Å²) in [7, 11) is 1.87. The monoisotopic (exact) mass is 492 g/mol. The molecular formula is C32H32N2O3. The van der Waals surface area contributed by atoms with E-state index in [9.17, 15) is 9.59 Å². The molecule has 0 fully saturated rings. The van der Waals surface area contributed by atoms with Gasteiger partial charge < -0.3 is 15.4 Å². The Balaban J connectivity index is 1.51. The molecule has 4 rings (SSSR count). The minimum atomic E-state index is -0.164. The number of amides is 1. The maximum Gasteiger partial charge on any atom is 0.255 e. The molecule has 2 N–H and O–H groups in total. The number of anilines is 2. The summed E-state index contributed by atoms with van der Waals surface area (Å²) in [5.74, 6) is 1.33. The van der Waals surface area contributed by atoms with E-state index < -0.39 is 0 Å². The predicted molar refractivity (Wildman–Crippen MR) is 151 cm³/mol. The standard InChI is InChI=1S/C32H32N2O3/c1-19-16-29(20(2)15-28(19)23(5)35)30-17-22(4)31(18-21(30)3)32(36)34-25-9-13-27(14-10-25)37-26-11-7-24(33-6)8-12-26/h7-18,33H,1-6H3,(H,34,36). The van der Waals surface area contributed by atoms with Crippen LogP contribution in [0.15, 0.2) is 72.8 Å². The molecule has 0 bridgehead atoms. The number of carbonyl (C=O) groups excluding carboxylic acids is 2. The van der Waals surface area contributed by atoms with Gasteiger partial charge in [0, 0.05) is 29.5 Å². The van der Waals surface area contributed by atoms with Crippen molar-refractivity contribution < 1.29 is 14.3 Å². The van der Waals surface area contributed by atoms with Crippen LogP contribution >= 0.6 is 0 Å². The average molecular weight is 493 g/mol. The van der Waals surface area contributed by atoms with Crippen molar-refractivity contribution in [2.45, 2.75) is 34.6 Å². The molecular weight excluding hydrogens is 460 g/mol. The Morgan fingerprint density at radius 1 is 0.622 bits per heavy atom. The number of ether oxygens (including phenoxy) is 1. The van der Waals surface area contributed by atoms with Crippen LogP contribution in [0.2, 0.25) is 0 Å². The third-order valence-electron chi connectivity index (χ3n) is 6.55. The third kappa shape index (κ3) is 5.72. The number of ketones is 1. The van der Waals surface area contributed by atoms with Crippen molar-refractivity contribution in [1.82, 2.24) is 0 Å². The first-order chi connectivity index (χ1) is 17.7. The van der Waals surface area contributed by atoms with Gasteiger partial charge in [-0.15, -0.1) is 0 Å². The van der Waals surface area contributed by atoms with Gasteiger partial charge in [-0.25, -0.2) is 0 Å². The number of carbonyl (C=O) groups is 2. The molecule has 0 atom stereocenters. The van der Waals surface area contributed by atoms with Crippen LogP contribution in [0, 0.1) is 27.7 Å². The van der Waals surface area contributed by atoms with Crippen molar-refractivity contribution >= 4 is 23.1 Å². The summed E-state index contributed by atoms with van der Waals surface area (Å²) < 4.78 is 5.89. The third-order valence-corrected chi connectivity index (χ3v) is 6.55. The predicted octanol–water partition coefficient (Wildman–Crippen LogP) is 7.88. The largest absolute Gasteiger partial charge is 0.457 e. The average Bonchev–Trinajstić information content (AvgIpc) is 2.87. The molecule has 0 aliphatic carbocycles. The normalized spacial score (nSPS) is 10.6. The summed E-state index contributed by atoms with van der Waals surface area (Å²) in [5, 5.41) is 6.07. The van der Waals surface area contributed by atoms with Crippen LogP contribution in [0.1, 0.15) is 49.9 Å². The lowest BCUT2D eigenvalue weighted by molar-refractivity contribution is 0.101. The first-order valence-electron chi connectivity index (χ1n) is 12.3. The number of Topliss-reactive ketones (excluding diaryl/α,β-unsaturated/α-hetero) is 1. The summed E-state index contributed by atoms with van der Waals surface area (Å²) in [5.41, 5.74) is 9.09. The molecule has 0 aliphatic rings. The van der Waals surface area contributed by atoms with Gasteiger partial charge in [0.05, 0.1) is 0 Å². The van der Waals surface area contributed by atoms with E-state index in [0.717, 1.165) is 50.4 Å². The molecule has 1 amide bonds. The topological polar surface area (TPSA) is 67.4 Å². The van der Waals surface area contributed by atoms with Crippen molar-refractivity contribution in [3.8, 4) is 22.6 Å². The zero-order valence-corrected chi connectivity index (χ0v) is 22.2. The zero-order chi connectivity index (χ0) is 26.7. The Kier molecular flexibility index (Phi) is 7.44. The molecule has 0 spiro atoms. The van der Waals surface area contributed by atoms with Crippen LogP contribution in [0.3, 0.4) is 0 Å². The molecule has 0 unspecified atom stereocenters. The van der Waals surface area contributed by atoms with E-state index in [0.29, 0.717) is 17.0 Å². The molecule has 188 valence electrons. The Morgan fingerprint density at radius 2 is 1.08 bits per heavy atom. The van der Waals surface area contributed by atoms with Crippen molar-refractivity contribution in [3.05, 3.63) is 106 Å². The molecule has 0 aromatic heterocycles. The van der Waals surface area contributed by atoms with Crippen molar-refractivity contribution in [3.63, 3.8) is 0 Å². The van der Waals surface area contributed by atoms with Crippen LogP contribution in [0.5, 0.6) is 11.5 Å². The number of nitrogens with one attached hydrogen (secondary N) is 2. The number of benzene rings is 4. The first-order valence-corrected chi connectivity index (χ1v) is 12.3. The van der Waals surface area contributed by atoms with E-state index in [2.05, 4.69) is 22.8 Å². The van der Waals surface area contributed by atoms with Gasteiger partial charge in [0.25, 0.3) is 5.91 Å². The minimum absolute atomic E-state index is 0.0647. The molecule has 0 heterocycles. The number of hydrogen-bond acceptors (Lipinski definition) is 4. The lowest BCUT2D eigenvalue weighted by Gasteiger charge is -2.16. The van der Waals surface area contributed by atoms with E-state index in [-0.39, 0.29) is 11.7 Å². The second-order valence-corrected chi connectivity index (χ2v) is 9.38. The number of rotatable bonds is 7. The minimum Gasteiger partial charge on any atom is -0.457 e. The molecule has 0 saturated heterocycles. The summed E-state index contributed by atoms with van der Waals surface area (Å²) in [4.78, 5) is 25.1. The molecule has 4 aromatic rings. The van der Waals surface area contributed by atoms with Gasteiger partial charge in [0.15, 0.2) is 5.78 Å². The Labute approximate surface area is 218 Å². The summed E-state index contributed by atoms with van der Waals surface area (Å²) in [6, 6.07) is 23.0. The Morgan fingerprint density at radius 3 is 1.57 bits per heavy atom. The van der Waals surface area contributed by atoms with E-state index in [1.165, 1.54) is 0 Å². The second-order valence-electron chi connectivity index (χ2n) is 9.38. The van der Waals surface area contributed by atoms with Gasteiger partial charge in [0.1, 0.15) is 11.5 Å². The van der Waals surface area contributed by atoms with Gasteiger partial charge in [-0.05, 0) is 129 Å². The second kappa shape index (κ2) is 10.7. The van der Waals surface area contributed by atoms with Gasteiger partial charge in [-0.3, -0.25) is 9.59 Å². The quantitative estimate of drug-likeness (QED) is 0.258. The summed E-state index contributed by atoms with van der Waals surface area (Å²) >= 11 is 0. The zero-order valence-electron chi connectivity index (χ0n) is 22.2. The SMILES string of the molecule is CNc1ccc(Oc2ccc(NC(=O)c3cc(C)c(-c4cc(C)c(C(C)=O)cc4C)cc3C)cc2)cc1. The van der Waals surface area contributed by atoms with Gasteiger partial charge in [0.2, 0.25) is 0 Å². The van der Waals surface area contributed by atoms with Gasteiger partial charge >= 0.3 is 0 Å². The van der Waals surface area contributed by atoms with E-state index in [4.69, 9.17) is 4.74 Å². The summed E-state index contributed by atoms with van der Waals surface area (Å²) in [6.07, 6.45) is 0. The van der Waals surface area contributed by atoms with Gasteiger partial charge in [-0.1, -0.05) is 12.1 Å². The highest BCUT2D eigenvalue weighted by Crippen LogP contribution is 2.32. The highest BCUT2D eigenvalue weighted by atomic mass is 16.5. The fourth-order valence-electron chi connectivity index (χ4n) is 4.47. The molecule has 5 heteroatoms. The van der Waals surface area contributed by atoms with E-state index in [1.54, 1.807) is 6.92 Å². The lowest BCUT2D eigenvalue weighted by Crippen LogP contribution is -2.14. The molecule has 0 aliphatic heterocycles. The maximum atomic E-state index is 13.1. The highest BCUT2D eigenvalue weighted by Gasteiger charge is 2.16. The fourth-order valence-corrected chi connectivity index (χ4v) is 4.47. The maximum absolute atomic E-state index is 13.1. The smallest absolute Gasteiger partial charge is 0.255 e. The Bertz CT molecular complexity index is 1470. The molecule has 0 saturated carbocycles. The van der Waals surface area contributed by atoms with Crippen LogP contribution in [0.4, 0.5) is 11.4 Å². The van der Waals surface area contributed by atoms with Crippen molar-refractivity contribution in [1.29, 1.82) is 0 Å².